The first kappa shape index (κ1) is 14.6. The van der Waals surface area contributed by atoms with Crippen LogP contribution in [0.2, 0.25) is 0 Å². The molecule has 1 saturated heterocycles. The van der Waals surface area contributed by atoms with Crippen LogP contribution >= 0.6 is 0 Å². The summed E-state index contributed by atoms with van der Waals surface area (Å²) in [5, 5.41) is 11.1. The van der Waals surface area contributed by atoms with Crippen molar-refractivity contribution in [3.05, 3.63) is 36.0 Å². The van der Waals surface area contributed by atoms with E-state index in [4.69, 9.17) is 4.74 Å². The molecule has 1 aliphatic heterocycles. The van der Waals surface area contributed by atoms with Crippen LogP contribution in [-0.4, -0.2) is 46.7 Å². The van der Waals surface area contributed by atoms with E-state index in [1.54, 1.807) is 7.05 Å². The summed E-state index contributed by atoms with van der Waals surface area (Å²) in [6.45, 7) is 0. The topological polar surface area (TPSA) is 71.8 Å². The molecule has 1 amide bonds. The highest BCUT2D eigenvalue weighted by Crippen LogP contribution is 2.41. The van der Waals surface area contributed by atoms with Gasteiger partial charge in [-0.25, -0.2) is 0 Å². The molecule has 3 rings (SSSR count). The molecule has 0 aliphatic carbocycles. The summed E-state index contributed by atoms with van der Waals surface area (Å²) < 4.78 is 6.73. The molecule has 1 aliphatic rings. The number of nitrogens with zero attached hydrogens (tertiary/aromatic N) is 2. The van der Waals surface area contributed by atoms with Gasteiger partial charge in [0.25, 0.3) is 5.91 Å². The fourth-order valence-electron chi connectivity index (χ4n) is 3.32. The van der Waals surface area contributed by atoms with Crippen molar-refractivity contribution in [1.82, 2.24) is 9.47 Å². The van der Waals surface area contributed by atoms with Gasteiger partial charge in [-0.15, -0.1) is 0 Å². The summed E-state index contributed by atoms with van der Waals surface area (Å²) in [5.41, 5.74) is 1.84. The van der Waals surface area contributed by atoms with Gasteiger partial charge in [0.2, 0.25) is 0 Å². The highest BCUT2D eigenvalue weighted by molar-refractivity contribution is 5.94. The third-order valence-electron chi connectivity index (χ3n) is 4.42. The minimum Gasteiger partial charge on any atom is -0.469 e. The summed E-state index contributed by atoms with van der Waals surface area (Å²) in [4.78, 5) is 25.6. The number of aryl methyl sites for hydroxylation is 1. The Hall–Kier alpha value is -2.34. The molecule has 22 heavy (non-hydrogen) atoms. The van der Waals surface area contributed by atoms with Crippen LogP contribution < -0.4 is 0 Å². The van der Waals surface area contributed by atoms with Crippen LogP contribution in [0.1, 0.15) is 11.6 Å². The molecule has 1 aromatic heterocycles. The highest BCUT2D eigenvalue weighted by Gasteiger charge is 2.51. The standard InChI is InChI=1S/C16H18N2O4/c1-17-8-10(9-6-4-5-7-11(9)17)13-12(16(21)22-3)14(19)15(20)18(13)2/h4-8,12-14,19H,1-3H3/t12-,13-,14+/m0/s1. The first-order chi connectivity index (χ1) is 10.5. The Kier molecular flexibility index (Phi) is 3.41. The molecule has 0 spiro atoms. The second kappa shape index (κ2) is 5.14. The molecule has 0 radical (unpaired) electrons. The molecule has 1 fully saturated rings. The van der Waals surface area contributed by atoms with E-state index < -0.39 is 29.9 Å². The number of carbonyl (C=O) groups is 2. The van der Waals surface area contributed by atoms with E-state index in [1.165, 1.54) is 12.0 Å². The molecule has 0 bridgehead atoms. The first-order valence-corrected chi connectivity index (χ1v) is 7.04. The lowest BCUT2D eigenvalue weighted by molar-refractivity contribution is -0.150. The Morgan fingerprint density at radius 2 is 1.95 bits per heavy atom. The SMILES string of the molecule is COC(=O)[C@@H]1[C@@H](O)C(=O)N(C)[C@H]1c1cn(C)c2ccccc12. The number of fused-ring (bicyclic) bond motifs is 1. The van der Waals surface area contributed by atoms with Crippen LogP contribution in [0, 0.1) is 5.92 Å². The monoisotopic (exact) mass is 302 g/mol. The molecular weight excluding hydrogens is 284 g/mol. The number of rotatable bonds is 2. The van der Waals surface area contributed by atoms with Gasteiger partial charge in [0.15, 0.2) is 0 Å². The van der Waals surface area contributed by atoms with Gasteiger partial charge in [0, 0.05) is 36.8 Å². The van der Waals surface area contributed by atoms with Crippen LogP contribution in [0.5, 0.6) is 0 Å². The van der Waals surface area contributed by atoms with Crippen molar-refractivity contribution in [3.63, 3.8) is 0 Å². The summed E-state index contributed by atoms with van der Waals surface area (Å²) >= 11 is 0. The number of likely N-dealkylation sites (N-methyl/N-ethyl adjacent to an activating group) is 1. The molecule has 2 heterocycles. The second-order valence-electron chi connectivity index (χ2n) is 5.60. The van der Waals surface area contributed by atoms with Gasteiger partial charge in [0.05, 0.1) is 13.2 Å². The maximum atomic E-state index is 12.1. The van der Waals surface area contributed by atoms with Crippen molar-refractivity contribution in [1.29, 1.82) is 0 Å². The molecule has 6 nitrogen and oxygen atoms in total. The minimum atomic E-state index is -1.37. The fourth-order valence-corrected chi connectivity index (χ4v) is 3.32. The number of hydrogen-bond acceptors (Lipinski definition) is 4. The summed E-state index contributed by atoms with van der Waals surface area (Å²) in [5.74, 6) is -1.97. The Morgan fingerprint density at radius 1 is 1.27 bits per heavy atom. The average Bonchev–Trinajstić information content (AvgIpc) is 2.97. The lowest BCUT2D eigenvalue weighted by Crippen LogP contribution is -2.30. The summed E-state index contributed by atoms with van der Waals surface area (Å²) in [7, 11) is 4.77. The molecule has 1 aromatic carbocycles. The maximum Gasteiger partial charge on any atom is 0.314 e. The summed E-state index contributed by atoms with van der Waals surface area (Å²) in [6, 6.07) is 7.22. The number of benzene rings is 1. The van der Waals surface area contributed by atoms with Crippen molar-refractivity contribution in [2.24, 2.45) is 13.0 Å². The Labute approximate surface area is 127 Å². The number of hydrogen-bond donors (Lipinski definition) is 1. The average molecular weight is 302 g/mol. The fraction of sp³-hybridized carbons (Fsp3) is 0.375. The molecule has 2 aromatic rings. The van der Waals surface area contributed by atoms with Crippen LogP contribution in [0.25, 0.3) is 10.9 Å². The van der Waals surface area contributed by atoms with Gasteiger partial charge < -0.3 is 19.3 Å². The zero-order valence-corrected chi connectivity index (χ0v) is 12.7. The van der Waals surface area contributed by atoms with Gasteiger partial charge in [-0.2, -0.15) is 0 Å². The number of aliphatic hydroxyl groups is 1. The van der Waals surface area contributed by atoms with Gasteiger partial charge in [-0.3, -0.25) is 9.59 Å². The van der Waals surface area contributed by atoms with Gasteiger partial charge in [-0.05, 0) is 6.07 Å². The normalized spacial score (nSPS) is 25.0. The predicted octanol–water partition coefficient (Wildman–Crippen LogP) is 0.841. The van der Waals surface area contributed by atoms with Gasteiger partial charge in [-0.1, -0.05) is 18.2 Å². The van der Waals surface area contributed by atoms with E-state index in [-0.39, 0.29) is 0 Å². The van der Waals surface area contributed by atoms with Gasteiger partial charge in [0.1, 0.15) is 12.0 Å². The third-order valence-corrected chi connectivity index (χ3v) is 4.42. The summed E-state index contributed by atoms with van der Waals surface area (Å²) in [6.07, 6.45) is 0.522. The molecular formula is C16H18N2O4. The number of ether oxygens (including phenoxy) is 1. The molecule has 116 valence electrons. The molecule has 0 unspecified atom stereocenters. The lowest BCUT2D eigenvalue weighted by atomic mass is 9.92. The number of likely N-dealkylation sites (tertiary alicyclic amines) is 1. The molecule has 1 N–H and O–H groups in total. The van der Waals surface area contributed by atoms with Gasteiger partial charge >= 0.3 is 5.97 Å². The maximum absolute atomic E-state index is 12.1. The van der Waals surface area contributed by atoms with Crippen LogP contribution in [0.3, 0.4) is 0 Å². The first-order valence-electron chi connectivity index (χ1n) is 7.04. The highest BCUT2D eigenvalue weighted by atomic mass is 16.5. The zero-order valence-electron chi connectivity index (χ0n) is 12.7. The van der Waals surface area contributed by atoms with Crippen molar-refractivity contribution < 1.29 is 19.4 Å². The number of carbonyl (C=O) groups excluding carboxylic acids is 2. The van der Waals surface area contributed by atoms with Crippen molar-refractivity contribution in [3.8, 4) is 0 Å². The smallest absolute Gasteiger partial charge is 0.314 e. The number of aromatic nitrogens is 1. The van der Waals surface area contributed by atoms with Crippen LogP contribution in [-0.2, 0) is 21.4 Å². The van der Waals surface area contributed by atoms with E-state index in [2.05, 4.69) is 0 Å². The van der Waals surface area contributed by atoms with E-state index in [0.717, 1.165) is 16.5 Å². The van der Waals surface area contributed by atoms with E-state index in [0.29, 0.717) is 0 Å². The number of aliphatic hydroxyl groups excluding tert-OH is 1. The van der Waals surface area contributed by atoms with Crippen LogP contribution in [0.4, 0.5) is 0 Å². The Morgan fingerprint density at radius 3 is 2.64 bits per heavy atom. The zero-order chi connectivity index (χ0) is 16.0. The molecule has 3 atom stereocenters. The molecule has 0 saturated carbocycles. The quantitative estimate of drug-likeness (QED) is 0.835. The van der Waals surface area contributed by atoms with Crippen molar-refractivity contribution >= 4 is 22.8 Å². The largest absolute Gasteiger partial charge is 0.469 e. The number of esters is 1. The number of amides is 1. The van der Waals surface area contributed by atoms with E-state index >= 15 is 0 Å². The molecule has 6 heteroatoms. The Bertz CT molecular complexity index is 752. The van der Waals surface area contributed by atoms with Crippen molar-refractivity contribution in [2.75, 3.05) is 14.2 Å². The van der Waals surface area contributed by atoms with E-state index in [9.17, 15) is 14.7 Å². The van der Waals surface area contributed by atoms with E-state index in [1.807, 2.05) is 42.1 Å². The number of para-hydroxylation sites is 1. The lowest BCUT2D eigenvalue weighted by Gasteiger charge is -2.23. The predicted molar refractivity (Wildman–Crippen MR) is 79.9 cm³/mol. The Balaban J connectivity index is 2.18. The van der Waals surface area contributed by atoms with Crippen molar-refractivity contribution in [2.45, 2.75) is 12.1 Å². The number of methoxy groups -OCH3 is 1. The minimum absolute atomic E-state index is 0.465. The third kappa shape index (κ3) is 1.91. The van der Waals surface area contributed by atoms with Crippen LogP contribution in [0.15, 0.2) is 30.5 Å². The second-order valence-corrected chi connectivity index (χ2v) is 5.60.